The zero-order chi connectivity index (χ0) is 32.0. The van der Waals surface area contributed by atoms with E-state index in [1.807, 2.05) is 90.6 Å². The highest BCUT2D eigenvalue weighted by Crippen LogP contribution is 2.30. The van der Waals surface area contributed by atoms with Crippen molar-refractivity contribution in [2.45, 2.75) is 20.3 Å². The van der Waals surface area contributed by atoms with Gasteiger partial charge in [-0.1, -0.05) is 61.3 Å². The standard InChI is InChI=1S/C36H33N5O4S/c1-5-18-44-29-16-14-26(20-24(29)3)34-27(23-40(39-34)28-10-8-7-9-11-28)22-32-35(42)41-36(46-32)37-33(38-41)17-13-25-12-15-30(45-19-6-2)31(21-25)43-4/h6-17,20-23H,2,5,18-19H2,1,3-4H3/b17-13+,32-22-. The van der Waals surface area contributed by atoms with E-state index in [-0.39, 0.29) is 5.56 Å². The molecule has 6 aromatic rings. The summed E-state index contributed by atoms with van der Waals surface area (Å²) in [6.45, 7) is 8.83. The summed E-state index contributed by atoms with van der Waals surface area (Å²) in [6, 6.07) is 21.5. The van der Waals surface area contributed by atoms with Crippen LogP contribution in [0, 0.1) is 6.92 Å². The molecule has 232 valence electrons. The summed E-state index contributed by atoms with van der Waals surface area (Å²) in [5, 5.41) is 9.39. The summed E-state index contributed by atoms with van der Waals surface area (Å²) in [5.74, 6) is 2.52. The highest BCUT2D eigenvalue weighted by atomic mass is 32.1. The smallest absolute Gasteiger partial charge is 0.291 e. The van der Waals surface area contributed by atoms with E-state index in [2.05, 4.69) is 29.7 Å². The highest BCUT2D eigenvalue weighted by Gasteiger charge is 2.15. The van der Waals surface area contributed by atoms with Crippen LogP contribution in [-0.2, 0) is 0 Å². The van der Waals surface area contributed by atoms with E-state index in [0.717, 1.165) is 45.8 Å². The average molecular weight is 632 g/mol. The predicted octanol–water partition coefficient (Wildman–Crippen LogP) is 6.39. The lowest BCUT2D eigenvalue weighted by atomic mass is 10.0. The third-order valence-corrected chi connectivity index (χ3v) is 8.09. The van der Waals surface area contributed by atoms with Crippen LogP contribution in [0.15, 0.2) is 90.4 Å². The van der Waals surface area contributed by atoms with Gasteiger partial charge in [-0.05, 0) is 79.1 Å². The SMILES string of the molecule is C=CCOc1ccc(/C=C/c2nc3s/c(=C\c4cn(-c5ccccc5)nc4-c4ccc(OCCC)c(C)c4)c(=O)n3n2)cc1OC. The topological polar surface area (TPSA) is 92.8 Å². The molecule has 0 N–H and O–H groups in total. The van der Waals surface area contributed by atoms with E-state index in [9.17, 15) is 4.79 Å². The first kappa shape index (κ1) is 30.5. The molecule has 0 atom stereocenters. The van der Waals surface area contributed by atoms with Crippen LogP contribution in [0.2, 0.25) is 0 Å². The lowest BCUT2D eigenvalue weighted by Gasteiger charge is -2.09. The minimum absolute atomic E-state index is 0.240. The average Bonchev–Trinajstić information content (AvgIpc) is 3.77. The maximum absolute atomic E-state index is 13.5. The van der Waals surface area contributed by atoms with Crippen LogP contribution in [0.5, 0.6) is 17.2 Å². The maximum Gasteiger partial charge on any atom is 0.291 e. The molecule has 46 heavy (non-hydrogen) atoms. The van der Waals surface area contributed by atoms with Gasteiger partial charge in [0.05, 0.1) is 23.9 Å². The van der Waals surface area contributed by atoms with E-state index < -0.39 is 0 Å². The quantitative estimate of drug-likeness (QED) is 0.145. The van der Waals surface area contributed by atoms with Crippen LogP contribution in [0.4, 0.5) is 0 Å². The molecule has 0 spiro atoms. The van der Waals surface area contributed by atoms with Crippen molar-refractivity contribution < 1.29 is 14.2 Å². The molecule has 0 bridgehead atoms. The van der Waals surface area contributed by atoms with Crippen molar-refractivity contribution in [3.05, 3.63) is 123 Å². The second-order valence-electron chi connectivity index (χ2n) is 10.5. The molecule has 3 aromatic heterocycles. The fourth-order valence-electron chi connectivity index (χ4n) is 4.89. The number of benzene rings is 3. The molecule has 0 amide bonds. The van der Waals surface area contributed by atoms with Crippen molar-refractivity contribution in [1.29, 1.82) is 0 Å². The Kier molecular flexibility index (Phi) is 9.07. The number of ether oxygens (including phenoxy) is 3. The van der Waals surface area contributed by atoms with E-state index in [1.54, 1.807) is 19.3 Å². The molecule has 0 saturated heterocycles. The number of rotatable bonds is 12. The normalized spacial score (nSPS) is 11.8. The first-order chi connectivity index (χ1) is 22.5. The van der Waals surface area contributed by atoms with Gasteiger partial charge in [0.2, 0.25) is 4.96 Å². The van der Waals surface area contributed by atoms with Gasteiger partial charge < -0.3 is 14.2 Å². The summed E-state index contributed by atoms with van der Waals surface area (Å²) >= 11 is 1.29. The second kappa shape index (κ2) is 13.7. The van der Waals surface area contributed by atoms with Gasteiger partial charge in [-0.15, -0.1) is 5.10 Å². The number of aryl methyl sites for hydroxylation is 1. The fraction of sp³-hybridized carbons (Fsp3) is 0.167. The largest absolute Gasteiger partial charge is 0.493 e. The van der Waals surface area contributed by atoms with Crippen molar-refractivity contribution in [2.24, 2.45) is 0 Å². The molecule has 0 aliphatic heterocycles. The third kappa shape index (κ3) is 6.47. The molecule has 0 saturated carbocycles. The van der Waals surface area contributed by atoms with Gasteiger partial charge >= 0.3 is 0 Å². The van der Waals surface area contributed by atoms with Crippen molar-refractivity contribution >= 4 is 34.5 Å². The Morgan fingerprint density at radius 3 is 2.52 bits per heavy atom. The summed E-state index contributed by atoms with van der Waals surface area (Å²) in [5.41, 5.74) is 5.06. The number of para-hydroxylation sites is 1. The Morgan fingerprint density at radius 2 is 1.78 bits per heavy atom. The Labute approximate surface area is 270 Å². The van der Waals surface area contributed by atoms with Crippen molar-refractivity contribution in [1.82, 2.24) is 24.4 Å². The summed E-state index contributed by atoms with van der Waals surface area (Å²) in [7, 11) is 1.59. The Morgan fingerprint density at radius 1 is 0.957 bits per heavy atom. The van der Waals surface area contributed by atoms with Gasteiger partial charge in [0.15, 0.2) is 17.3 Å². The van der Waals surface area contributed by atoms with Crippen LogP contribution >= 0.6 is 11.3 Å². The van der Waals surface area contributed by atoms with E-state index >= 15 is 0 Å². The molecule has 0 radical (unpaired) electrons. The lowest BCUT2D eigenvalue weighted by Crippen LogP contribution is -2.23. The lowest BCUT2D eigenvalue weighted by molar-refractivity contribution is 0.315. The number of fused-ring (bicyclic) bond motifs is 1. The van der Waals surface area contributed by atoms with Gasteiger partial charge in [-0.3, -0.25) is 4.79 Å². The van der Waals surface area contributed by atoms with Gasteiger partial charge in [0, 0.05) is 17.3 Å². The monoisotopic (exact) mass is 631 g/mol. The minimum Gasteiger partial charge on any atom is -0.493 e. The van der Waals surface area contributed by atoms with E-state index in [0.29, 0.717) is 40.0 Å². The molecule has 3 heterocycles. The van der Waals surface area contributed by atoms with Crippen LogP contribution in [0.1, 0.15) is 35.9 Å². The zero-order valence-electron chi connectivity index (χ0n) is 25.8. The summed E-state index contributed by atoms with van der Waals surface area (Å²) in [6.07, 6.45) is 10.0. The van der Waals surface area contributed by atoms with Crippen molar-refractivity contribution in [3.8, 4) is 34.2 Å². The highest BCUT2D eigenvalue weighted by molar-refractivity contribution is 7.15. The Balaban J connectivity index is 1.34. The third-order valence-electron chi connectivity index (χ3n) is 7.13. The van der Waals surface area contributed by atoms with Crippen LogP contribution < -0.4 is 24.3 Å². The van der Waals surface area contributed by atoms with Crippen molar-refractivity contribution in [3.63, 3.8) is 0 Å². The molecular formula is C36H33N5O4S. The molecular weight excluding hydrogens is 598 g/mol. The van der Waals surface area contributed by atoms with Crippen LogP contribution in [0.25, 0.3) is 40.1 Å². The molecule has 6 rings (SSSR count). The maximum atomic E-state index is 13.5. The Hall–Kier alpha value is -5.48. The fourth-order valence-corrected chi connectivity index (χ4v) is 5.79. The van der Waals surface area contributed by atoms with Crippen molar-refractivity contribution in [2.75, 3.05) is 20.3 Å². The van der Waals surface area contributed by atoms with Gasteiger partial charge in [-0.25, -0.2) is 4.68 Å². The Bertz CT molecular complexity index is 2150. The number of thiazole rings is 1. The van der Waals surface area contributed by atoms with E-state index in [1.165, 1.54) is 15.9 Å². The summed E-state index contributed by atoms with van der Waals surface area (Å²) in [4.78, 5) is 18.6. The predicted molar refractivity (Wildman–Crippen MR) is 183 cm³/mol. The molecule has 10 heteroatoms. The molecule has 0 fully saturated rings. The molecule has 0 aliphatic carbocycles. The number of hydrogen-bond donors (Lipinski definition) is 0. The molecule has 9 nitrogen and oxygen atoms in total. The number of aromatic nitrogens is 5. The van der Waals surface area contributed by atoms with Crippen LogP contribution in [0.3, 0.4) is 0 Å². The second-order valence-corrected chi connectivity index (χ2v) is 11.5. The van der Waals surface area contributed by atoms with E-state index in [4.69, 9.17) is 19.3 Å². The van der Waals surface area contributed by atoms with Gasteiger partial charge in [0.25, 0.3) is 5.56 Å². The number of methoxy groups -OCH3 is 1. The molecule has 3 aromatic carbocycles. The molecule has 0 aliphatic rings. The summed E-state index contributed by atoms with van der Waals surface area (Å²) < 4.78 is 20.7. The minimum atomic E-state index is -0.240. The first-order valence-corrected chi connectivity index (χ1v) is 15.7. The van der Waals surface area contributed by atoms with Gasteiger partial charge in [0.1, 0.15) is 18.1 Å². The molecule has 0 unspecified atom stereocenters. The van der Waals surface area contributed by atoms with Crippen LogP contribution in [-0.4, -0.2) is 44.7 Å². The van der Waals surface area contributed by atoms with Gasteiger partial charge in [-0.2, -0.15) is 14.6 Å². The number of nitrogens with zero attached hydrogens (tertiary/aromatic N) is 5. The number of hydrogen-bond acceptors (Lipinski definition) is 8. The first-order valence-electron chi connectivity index (χ1n) is 14.9. The zero-order valence-corrected chi connectivity index (χ0v) is 26.7.